The molecule has 0 bridgehead atoms. The minimum Gasteiger partial charge on any atom is -0.467 e. The Bertz CT molecular complexity index is 742. The molecule has 0 saturated carbocycles. The van der Waals surface area contributed by atoms with Crippen LogP contribution in [0, 0.1) is 6.92 Å². The van der Waals surface area contributed by atoms with Crippen LogP contribution >= 0.6 is 8.58 Å². The molecule has 0 saturated heterocycles. The molecule has 0 aliphatic carbocycles. The van der Waals surface area contributed by atoms with Crippen LogP contribution in [0.1, 0.15) is 48.7 Å². The Labute approximate surface area is 152 Å². The van der Waals surface area contributed by atoms with E-state index in [1.165, 1.54) is 11.1 Å². The lowest BCUT2D eigenvalue weighted by atomic mass is 9.95. The van der Waals surface area contributed by atoms with Crippen molar-refractivity contribution in [1.82, 2.24) is 0 Å². The van der Waals surface area contributed by atoms with Gasteiger partial charge in [0.2, 0.25) is 0 Å². The summed E-state index contributed by atoms with van der Waals surface area (Å²) in [6.45, 7) is 8.38. The van der Waals surface area contributed by atoms with Crippen LogP contribution in [-0.4, -0.2) is 19.7 Å². The number of Topliss-reactive ketones (excluding diaryl/α,β-unsaturated/α-hetero) is 1. The fraction of sp³-hybridized carbons (Fsp3) is 0.381. The third-order valence-electron chi connectivity index (χ3n) is 4.49. The molecule has 0 aliphatic rings. The number of carbonyl (C=O) groups is 1. The Kier molecular flexibility index (Phi) is 6.75. The average molecular weight is 358 g/mol. The quantitative estimate of drug-likeness (QED) is 0.386. The first-order valence-corrected chi connectivity index (χ1v) is 9.52. The molecule has 0 aromatic heterocycles. The first-order valence-electron chi connectivity index (χ1n) is 8.52. The van der Waals surface area contributed by atoms with Crippen LogP contribution in [0.4, 0.5) is 0 Å². The van der Waals surface area contributed by atoms with Crippen LogP contribution in [0.25, 0.3) is 0 Å². The van der Waals surface area contributed by atoms with Crippen LogP contribution < -0.4 is 10.0 Å². The molecule has 0 radical (unpaired) electrons. The van der Waals surface area contributed by atoms with Crippen molar-refractivity contribution in [2.45, 2.75) is 39.3 Å². The number of aryl methyl sites for hydroxylation is 1. The highest BCUT2D eigenvalue weighted by molar-refractivity contribution is 7.48. The summed E-state index contributed by atoms with van der Waals surface area (Å²) in [4.78, 5) is 12.0. The second-order valence-electron chi connectivity index (χ2n) is 6.46. The van der Waals surface area contributed by atoms with Crippen molar-refractivity contribution in [3.63, 3.8) is 0 Å². The molecule has 0 amide bonds. The van der Waals surface area contributed by atoms with Gasteiger partial charge in [0.25, 0.3) is 0 Å². The SMILES string of the molecule is CCC(C)(Pc1ccccc1C(C)=O)c1cc(C)ccc1OCOC. The topological polar surface area (TPSA) is 35.5 Å². The lowest BCUT2D eigenvalue weighted by molar-refractivity contribution is 0.0500. The van der Waals surface area contributed by atoms with E-state index in [-0.39, 0.29) is 17.7 Å². The van der Waals surface area contributed by atoms with Crippen LogP contribution in [0.3, 0.4) is 0 Å². The lowest BCUT2D eigenvalue weighted by Crippen LogP contribution is -2.22. The summed E-state index contributed by atoms with van der Waals surface area (Å²) in [5.74, 6) is 0.964. The van der Waals surface area contributed by atoms with Gasteiger partial charge in [-0.3, -0.25) is 4.79 Å². The molecule has 2 rings (SSSR count). The highest BCUT2D eigenvalue weighted by Gasteiger charge is 2.30. The van der Waals surface area contributed by atoms with Crippen molar-refractivity contribution in [3.8, 4) is 5.75 Å². The van der Waals surface area contributed by atoms with E-state index in [1.807, 2.05) is 24.3 Å². The molecule has 2 atom stereocenters. The van der Waals surface area contributed by atoms with Crippen LogP contribution in [0.2, 0.25) is 0 Å². The number of ether oxygens (including phenoxy) is 2. The van der Waals surface area contributed by atoms with Crippen LogP contribution in [0.15, 0.2) is 42.5 Å². The minimum atomic E-state index is -0.110. The normalized spacial score (nSPS) is 13.8. The summed E-state index contributed by atoms with van der Waals surface area (Å²) in [7, 11) is 2.10. The van der Waals surface area contributed by atoms with Gasteiger partial charge in [-0.15, -0.1) is 0 Å². The van der Waals surface area contributed by atoms with E-state index in [0.717, 1.165) is 23.0 Å². The number of hydrogen-bond acceptors (Lipinski definition) is 3. The molecule has 4 heteroatoms. The Morgan fingerprint density at radius 2 is 1.92 bits per heavy atom. The zero-order valence-electron chi connectivity index (χ0n) is 15.7. The average Bonchev–Trinajstić information content (AvgIpc) is 2.60. The van der Waals surface area contributed by atoms with Crippen molar-refractivity contribution < 1.29 is 14.3 Å². The van der Waals surface area contributed by atoms with E-state index < -0.39 is 0 Å². The summed E-state index contributed by atoms with van der Waals surface area (Å²) in [6.07, 6.45) is 0.949. The van der Waals surface area contributed by atoms with Gasteiger partial charge in [-0.05, 0) is 31.6 Å². The zero-order valence-corrected chi connectivity index (χ0v) is 16.7. The molecule has 2 aromatic carbocycles. The molecule has 0 spiro atoms. The maximum absolute atomic E-state index is 12.0. The van der Waals surface area contributed by atoms with Crippen molar-refractivity contribution in [2.24, 2.45) is 0 Å². The predicted octanol–water partition coefficient (Wildman–Crippen LogP) is 4.81. The molecule has 134 valence electrons. The molecular weight excluding hydrogens is 331 g/mol. The molecule has 0 heterocycles. The molecule has 0 fully saturated rings. The van der Waals surface area contributed by atoms with Gasteiger partial charge in [-0.2, -0.15) is 0 Å². The maximum atomic E-state index is 12.0. The van der Waals surface area contributed by atoms with Crippen molar-refractivity contribution in [3.05, 3.63) is 59.2 Å². The summed E-state index contributed by atoms with van der Waals surface area (Å²) in [5, 5.41) is 0.999. The highest BCUT2D eigenvalue weighted by atomic mass is 31.1. The van der Waals surface area contributed by atoms with Gasteiger partial charge in [0, 0.05) is 23.4 Å². The minimum absolute atomic E-state index is 0.110. The molecule has 2 aromatic rings. The summed E-state index contributed by atoms with van der Waals surface area (Å²) < 4.78 is 10.9. The summed E-state index contributed by atoms with van der Waals surface area (Å²) >= 11 is 0. The Morgan fingerprint density at radius 1 is 1.20 bits per heavy atom. The largest absolute Gasteiger partial charge is 0.467 e. The number of hydrogen-bond donors (Lipinski definition) is 0. The molecule has 0 aliphatic heterocycles. The Hall–Kier alpha value is -1.70. The number of rotatable bonds is 8. The van der Waals surface area contributed by atoms with Gasteiger partial charge >= 0.3 is 0 Å². The van der Waals surface area contributed by atoms with E-state index in [9.17, 15) is 4.79 Å². The third kappa shape index (κ3) is 4.68. The lowest BCUT2D eigenvalue weighted by Gasteiger charge is -2.32. The smallest absolute Gasteiger partial charge is 0.188 e. The van der Waals surface area contributed by atoms with Gasteiger partial charge in [0.1, 0.15) is 5.75 Å². The van der Waals surface area contributed by atoms with E-state index in [4.69, 9.17) is 9.47 Å². The third-order valence-corrected chi connectivity index (χ3v) is 6.37. The predicted molar refractivity (Wildman–Crippen MR) is 106 cm³/mol. The first kappa shape index (κ1) is 19.6. The number of carbonyl (C=O) groups excluding carboxylic acids is 1. The van der Waals surface area contributed by atoms with Crippen molar-refractivity contribution in [1.29, 1.82) is 0 Å². The van der Waals surface area contributed by atoms with Crippen molar-refractivity contribution in [2.75, 3.05) is 13.9 Å². The number of ketones is 1. The summed E-state index contributed by atoms with van der Waals surface area (Å²) in [6, 6.07) is 14.2. The molecule has 3 nitrogen and oxygen atoms in total. The monoisotopic (exact) mass is 358 g/mol. The maximum Gasteiger partial charge on any atom is 0.188 e. The summed E-state index contributed by atoms with van der Waals surface area (Å²) in [5.41, 5.74) is 3.18. The Morgan fingerprint density at radius 3 is 2.56 bits per heavy atom. The van der Waals surface area contributed by atoms with E-state index in [1.54, 1.807) is 14.0 Å². The Balaban J connectivity index is 2.47. The molecule has 0 N–H and O–H groups in total. The van der Waals surface area contributed by atoms with Crippen LogP contribution in [-0.2, 0) is 9.89 Å². The van der Waals surface area contributed by atoms with Gasteiger partial charge in [0.15, 0.2) is 12.6 Å². The highest BCUT2D eigenvalue weighted by Crippen LogP contribution is 2.47. The molecule has 2 unspecified atom stereocenters. The second-order valence-corrected chi connectivity index (χ2v) is 8.36. The fourth-order valence-corrected chi connectivity index (χ4v) is 4.54. The van der Waals surface area contributed by atoms with Gasteiger partial charge in [-0.1, -0.05) is 64.4 Å². The van der Waals surface area contributed by atoms with Crippen molar-refractivity contribution >= 4 is 19.7 Å². The molecule has 25 heavy (non-hydrogen) atoms. The van der Waals surface area contributed by atoms with Crippen LogP contribution in [0.5, 0.6) is 5.75 Å². The fourth-order valence-electron chi connectivity index (χ4n) is 2.87. The molecular formula is C21H27O3P. The van der Waals surface area contributed by atoms with E-state index >= 15 is 0 Å². The van der Waals surface area contributed by atoms with Gasteiger partial charge in [-0.25, -0.2) is 0 Å². The first-order chi connectivity index (χ1) is 11.9. The van der Waals surface area contributed by atoms with E-state index in [0.29, 0.717) is 8.58 Å². The van der Waals surface area contributed by atoms with Gasteiger partial charge < -0.3 is 9.47 Å². The number of benzene rings is 2. The standard InChI is InChI=1S/C21H27O3P/c1-6-21(4,25-20-10-8-7-9-17(20)16(3)22)18-13-15(2)11-12-19(18)24-14-23-5/h7-13,25H,6,14H2,1-5H3. The second kappa shape index (κ2) is 8.60. The van der Waals surface area contributed by atoms with E-state index in [2.05, 4.69) is 39.0 Å². The number of methoxy groups -OCH3 is 1. The zero-order chi connectivity index (χ0) is 18.4. The van der Waals surface area contributed by atoms with Gasteiger partial charge in [0.05, 0.1) is 0 Å².